The van der Waals surface area contributed by atoms with E-state index in [-0.39, 0.29) is 5.83 Å². The van der Waals surface area contributed by atoms with Gasteiger partial charge in [-0.15, -0.1) is 0 Å². The first-order chi connectivity index (χ1) is 13.2. The van der Waals surface area contributed by atoms with E-state index in [0.29, 0.717) is 6.42 Å². The molecule has 1 aliphatic rings. The zero-order chi connectivity index (χ0) is 19.3. The molecular formula is C26H33F. The van der Waals surface area contributed by atoms with E-state index in [2.05, 4.69) is 50.0 Å². The predicted octanol–water partition coefficient (Wildman–Crippen LogP) is 7.85. The van der Waals surface area contributed by atoms with Gasteiger partial charge in [0.05, 0.1) is 0 Å². The molecule has 0 nitrogen and oxygen atoms in total. The number of hydrogen-bond acceptors (Lipinski definition) is 0. The van der Waals surface area contributed by atoms with Crippen molar-refractivity contribution in [3.8, 4) is 11.8 Å². The van der Waals surface area contributed by atoms with Crippen molar-refractivity contribution >= 4 is 0 Å². The zero-order valence-corrected chi connectivity index (χ0v) is 17.0. The molecular weight excluding hydrogens is 331 g/mol. The number of halogens is 1. The largest absolute Gasteiger partial charge is 0.207 e. The van der Waals surface area contributed by atoms with Crippen LogP contribution in [0.4, 0.5) is 4.39 Å². The van der Waals surface area contributed by atoms with Crippen molar-refractivity contribution in [1.29, 1.82) is 0 Å². The van der Waals surface area contributed by atoms with E-state index in [9.17, 15) is 4.39 Å². The Morgan fingerprint density at radius 1 is 0.852 bits per heavy atom. The van der Waals surface area contributed by atoms with Crippen LogP contribution in [0.15, 0.2) is 59.5 Å². The number of allylic oxidation sites excluding steroid dienone is 6. The van der Waals surface area contributed by atoms with Crippen LogP contribution in [0, 0.1) is 11.8 Å². The standard InChI is InChI=1S/C26H33F/c1-3-5-6-7-8-9-13-23-14-10-11-15-24(23)19-16-22-17-20-25(12-4-2)26(27)21-18-22/h10-11,14-15,17,20-21H,3-9,12-13,18H2,1-2H3. The van der Waals surface area contributed by atoms with Crippen molar-refractivity contribution in [3.63, 3.8) is 0 Å². The van der Waals surface area contributed by atoms with Crippen molar-refractivity contribution in [2.75, 3.05) is 0 Å². The molecule has 0 amide bonds. The summed E-state index contributed by atoms with van der Waals surface area (Å²) in [4.78, 5) is 0. The molecule has 0 bridgehead atoms. The highest BCUT2D eigenvalue weighted by molar-refractivity contribution is 5.48. The molecule has 0 heterocycles. The summed E-state index contributed by atoms with van der Waals surface area (Å²) in [5.74, 6) is 6.52. The Labute approximate surface area is 165 Å². The van der Waals surface area contributed by atoms with Crippen LogP contribution in [0.1, 0.15) is 82.8 Å². The average molecular weight is 365 g/mol. The molecule has 0 saturated heterocycles. The lowest BCUT2D eigenvalue weighted by Crippen LogP contribution is -1.91. The van der Waals surface area contributed by atoms with E-state index in [1.807, 2.05) is 12.2 Å². The Balaban J connectivity index is 2.00. The lowest BCUT2D eigenvalue weighted by molar-refractivity contribution is 0.607. The Bertz CT molecular complexity index is 737. The SMILES string of the molecule is CCCCCCCCc1ccccc1C#CC1=CC=C(CCC)C(F)=CC1. The molecule has 144 valence electrons. The fraction of sp³-hybridized carbons (Fsp3) is 0.462. The summed E-state index contributed by atoms with van der Waals surface area (Å²) in [5.41, 5.74) is 4.21. The molecule has 0 aliphatic heterocycles. The molecule has 1 heteroatoms. The van der Waals surface area contributed by atoms with E-state index in [0.717, 1.165) is 36.0 Å². The summed E-state index contributed by atoms with van der Waals surface area (Å²) >= 11 is 0. The molecule has 27 heavy (non-hydrogen) atoms. The van der Waals surface area contributed by atoms with Gasteiger partial charge in [0, 0.05) is 17.6 Å². The quantitative estimate of drug-likeness (QED) is 0.309. The summed E-state index contributed by atoms with van der Waals surface area (Å²) in [6, 6.07) is 8.44. The van der Waals surface area contributed by atoms with Crippen LogP contribution in [-0.2, 0) is 6.42 Å². The number of aryl methyl sites for hydroxylation is 1. The molecule has 0 atom stereocenters. The lowest BCUT2D eigenvalue weighted by atomic mass is 10.00. The Morgan fingerprint density at radius 2 is 1.63 bits per heavy atom. The summed E-state index contributed by atoms with van der Waals surface area (Å²) in [5, 5.41) is 0. The fourth-order valence-corrected chi connectivity index (χ4v) is 3.35. The summed E-state index contributed by atoms with van der Waals surface area (Å²) < 4.78 is 14.1. The third kappa shape index (κ3) is 7.59. The molecule has 0 N–H and O–H groups in total. The first kappa shape index (κ1) is 21.2. The zero-order valence-electron chi connectivity index (χ0n) is 17.0. The van der Waals surface area contributed by atoms with Gasteiger partial charge in [-0.1, -0.05) is 88.5 Å². The maximum atomic E-state index is 14.1. The second-order valence-corrected chi connectivity index (χ2v) is 7.31. The number of rotatable bonds is 9. The number of unbranched alkanes of at least 4 members (excludes halogenated alkanes) is 5. The van der Waals surface area contributed by atoms with E-state index < -0.39 is 0 Å². The smallest absolute Gasteiger partial charge is 0.122 e. The van der Waals surface area contributed by atoms with Gasteiger partial charge in [-0.2, -0.15) is 0 Å². The first-order valence-electron chi connectivity index (χ1n) is 10.6. The minimum Gasteiger partial charge on any atom is -0.207 e. The van der Waals surface area contributed by atoms with Crippen LogP contribution in [0.25, 0.3) is 0 Å². The second-order valence-electron chi connectivity index (χ2n) is 7.31. The molecule has 0 spiro atoms. The van der Waals surface area contributed by atoms with Gasteiger partial charge in [-0.05, 0) is 48.6 Å². The summed E-state index contributed by atoms with van der Waals surface area (Å²) in [6.07, 6.45) is 16.8. The van der Waals surface area contributed by atoms with Gasteiger partial charge in [0.15, 0.2) is 0 Å². The molecule has 0 fully saturated rings. The average Bonchev–Trinajstić information content (AvgIpc) is 2.86. The van der Waals surface area contributed by atoms with E-state index >= 15 is 0 Å². The Kier molecular flexibility index (Phi) is 9.70. The van der Waals surface area contributed by atoms with E-state index in [1.54, 1.807) is 6.08 Å². The molecule has 1 aromatic rings. The van der Waals surface area contributed by atoms with Crippen LogP contribution >= 0.6 is 0 Å². The van der Waals surface area contributed by atoms with Crippen LogP contribution in [0.5, 0.6) is 0 Å². The van der Waals surface area contributed by atoms with Gasteiger partial charge in [0.2, 0.25) is 0 Å². The van der Waals surface area contributed by atoms with Crippen molar-refractivity contribution < 1.29 is 4.39 Å². The van der Waals surface area contributed by atoms with Crippen molar-refractivity contribution in [3.05, 3.63) is 70.6 Å². The van der Waals surface area contributed by atoms with Crippen LogP contribution in [0.2, 0.25) is 0 Å². The van der Waals surface area contributed by atoms with Crippen molar-refractivity contribution in [2.24, 2.45) is 0 Å². The molecule has 0 radical (unpaired) electrons. The minimum absolute atomic E-state index is 0.0895. The van der Waals surface area contributed by atoms with E-state index in [1.165, 1.54) is 44.1 Å². The fourth-order valence-electron chi connectivity index (χ4n) is 3.35. The van der Waals surface area contributed by atoms with Crippen molar-refractivity contribution in [1.82, 2.24) is 0 Å². The van der Waals surface area contributed by atoms with Gasteiger partial charge in [0.1, 0.15) is 5.83 Å². The van der Waals surface area contributed by atoms with Gasteiger partial charge in [-0.3, -0.25) is 0 Å². The molecule has 0 unspecified atom stereocenters. The van der Waals surface area contributed by atoms with Gasteiger partial charge in [0.25, 0.3) is 0 Å². The lowest BCUT2D eigenvalue weighted by Gasteiger charge is -2.05. The molecule has 2 rings (SSSR count). The maximum absolute atomic E-state index is 14.1. The molecule has 0 aromatic heterocycles. The third-order valence-electron chi connectivity index (χ3n) is 4.99. The summed E-state index contributed by atoms with van der Waals surface area (Å²) in [6.45, 7) is 4.33. The Hall–Kier alpha value is -2.07. The maximum Gasteiger partial charge on any atom is 0.122 e. The topological polar surface area (TPSA) is 0 Å². The third-order valence-corrected chi connectivity index (χ3v) is 4.99. The summed E-state index contributed by atoms with van der Waals surface area (Å²) in [7, 11) is 0. The van der Waals surface area contributed by atoms with Gasteiger partial charge < -0.3 is 0 Å². The van der Waals surface area contributed by atoms with Gasteiger partial charge in [-0.25, -0.2) is 4.39 Å². The minimum atomic E-state index is -0.0895. The first-order valence-corrected chi connectivity index (χ1v) is 10.6. The van der Waals surface area contributed by atoms with Crippen molar-refractivity contribution in [2.45, 2.75) is 78.1 Å². The molecule has 1 aliphatic carbocycles. The van der Waals surface area contributed by atoms with Crippen LogP contribution < -0.4 is 0 Å². The highest BCUT2D eigenvalue weighted by Crippen LogP contribution is 2.23. The highest BCUT2D eigenvalue weighted by Gasteiger charge is 2.06. The second kappa shape index (κ2) is 12.3. The van der Waals surface area contributed by atoms with Crippen LogP contribution in [0.3, 0.4) is 0 Å². The Morgan fingerprint density at radius 3 is 2.44 bits per heavy atom. The number of hydrogen-bond donors (Lipinski definition) is 0. The monoisotopic (exact) mass is 364 g/mol. The number of benzene rings is 1. The van der Waals surface area contributed by atoms with Crippen LogP contribution in [-0.4, -0.2) is 0 Å². The van der Waals surface area contributed by atoms with Gasteiger partial charge >= 0.3 is 0 Å². The highest BCUT2D eigenvalue weighted by atomic mass is 19.1. The normalized spacial score (nSPS) is 13.8. The van der Waals surface area contributed by atoms with E-state index in [4.69, 9.17) is 0 Å². The predicted molar refractivity (Wildman–Crippen MR) is 115 cm³/mol. The molecule has 1 aromatic carbocycles. The molecule has 0 saturated carbocycles.